The molecule has 0 saturated carbocycles. The lowest BCUT2D eigenvalue weighted by Crippen LogP contribution is -2.30. The summed E-state index contributed by atoms with van der Waals surface area (Å²) < 4.78 is 5.62. The second kappa shape index (κ2) is 7.68. The molecule has 0 aliphatic heterocycles. The Morgan fingerprint density at radius 1 is 1.16 bits per heavy atom. The van der Waals surface area contributed by atoms with Gasteiger partial charge >= 0.3 is 0 Å². The van der Waals surface area contributed by atoms with Crippen molar-refractivity contribution < 1.29 is 9.53 Å². The molecule has 3 rings (SSSR count). The number of ether oxygens (including phenoxy) is 1. The molecule has 0 aliphatic rings. The zero-order valence-electron chi connectivity index (χ0n) is 13.8. The van der Waals surface area contributed by atoms with Gasteiger partial charge in [-0.2, -0.15) is 0 Å². The Labute approximate surface area is 155 Å². The van der Waals surface area contributed by atoms with Gasteiger partial charge in [-0.3, -0.25) is 4.79 Å². The molecule has 0 saturated heterocycles. The molecule has 1 unspecified atom stereocenters. The highest BCUT2D eigenvalue weighted by atomic mass is 35.5. The van der Waals surface area contributed by atoms with Gasteiger partial charge in [-0.05, 0) is 50.2 Å². The van der Waals surface area contributed by atoms with Crippen molar-refractivity contribution >= 4 is 34.5 Å². The van der Waals surface area contributed by atoms with E-state index in [0.717, 1.165) is 16.3 Å². The highest BCUT2D eigenvalue weighted by Crippen LogP contribution is 2.23. The number of aryl methyl sites for hydroxylation is 1. The number of rotatable bonds is 5. The van der Waals surface area contributed by atoms with E-state index in [1.807, 2.05) is 36.6 Å². The quantitative estimate of drug-likeness (QED) is 0.671. The lowest BCUT2D eigenvalue weighted by atomic mass is 10.1. The van der Waals surface area contributed by atoms with E-state index in [4.69, 9.17) is 16.3 Å². The third-order valence-electron chi connectivity index (χ3n) is 3.56. The van der Waals surface area contributed by atoms with E-state index >= 15 is 0 Å². The Morgan fingerprint density at radius 3 is 2.44 bits per heavy atom. The Hall–Kier alpha value is -2.37. The van der Waals surface area contributed by atoms with Crippen molar-refractivity contribution in [2.24, 2.45) is 0 Å². The van der Waals surface area contributed by atoms with E-state index in [9.17, 15) is 4.79 Å². The van der Waals surface area contributed by atoms with Gasteiger partial charge in [0.05, 0.1) is 10.7 Å². The van der Waals surface area contributed by atoms with E-state index in [1.165, 1.54) is 0 Å². The third-order valence-corrected chi connectivity index (χ3v) is 4.59. The average molecular weight is 373 g/mol. The molecular formula is C19H17ClN2O2S. The first-order valence-electron chi connectivity index (χ1n) is 7.77. The van der Waals surface area contributed by atoms with Crippen molar-refractivity contribution in [1.82, 2.24) is 4.98 Å². The van der Waals surface area contributed by atoms with Gasteiger partial charge in [0, 0.05) is 21.7 Å². The normalized spacial score (nSPS) is 11.8. The second-order valence-corrected chi connectivity index (χ2v) is 7.03. The van der Waals surface area contributed by atoms with E-state index < -0.39 is 6.10 Å². The summed E-state index contributed by atoms with van der Waals surface area (Å²) in [5.41, 5.74) is 2.68. The molecule has 128 valence electrons. The number of nitrogens with one attached hydrogen (secondary N) is 1. The van der Waals surface area contributed by atoms with Crippen molar-refractivity contribution in [3.8, 4) is 17.0 Å². The molecule has 4 nitrogen and oxygen atoms in total. The Balaban J connectivity index is 1.61. The van der Waals surface area contributed by atoms with Crippen LogP contribution >= 0.6 is 22.9 Å². The zero-order valence-corrected chi connectivity index (χ0v) is 15.4. The Bertz CT molecular complexity index is 860. The highest BCUT2D eigenvalue weighted by molar-refractivity contribution is 7.09. The van der Waals surface area contributed by atoms with Crippen LogP contribution < -0.4 is 10.1 Å². The van der Waals surface area contributed by atoms with Crippen LogP contribution in [0.1, 0.15) is 11.9 Å². The predicted octanol–water partition coefficient (Wildman–Crippen LogP) is 5.18. The first kappa shape index (κ1) is 17.5. The molecule has 0 radical (unpaired) electrons. The summed E-state index contributed by atoms with van der Waals surface area (Å²) in [5, 5.41) is 6.52. The number of benzene rings is 2. The van der Waals surface area contributed by atoms with E-state index in [2.05, 4.69) is 10.3 Å². The summed E-state index contributed by atoms with van der Waals surface area (Å²) in [7, 11) is 0. The Kier molecular flexibility index (Phi) is 5.36. The molecule has 25 heavy (non-hydrogen) atoms. The molecule has 6 heteroatoms. The van der Waals surface area contributed by atoms with Crippen LogP contribution in [-0.4, -0.2) is 17.0 Å². The van der Waals surface area contributed by atoms with Crippen LogP contribution in [0.3, 0.4) is 0 Å². The molecule has 3 aromatic rings. The molecule has 0 aliphatic carbocycles. The maximum absolute atomic E-state index is 12.3. The number of amides is 1. The van der Waals surface area contributed by atoms with Gasteiger partial charge in [0.25, 0.3) is 5.91 Å². The smallest absolute Gasteiger partial charge is 0.265 e. The predicted molar refractivity (Wildman–Crippen MR) is 102 cm³/mol. The van der Waals surface area contributed by atoms with E-state index in [-0.39, 0.29) is 5.91 Å². The fourth-order valence-corrected chi connectivity index (χ4v) is 2.98. The number of hydrogen-bond donors (Lipinski definition) is 1. The van der Waals surface area contributed by atoms with Crippen LogP contribution in [0.25, 0.3) is 11.3 Å². The summed E-state index contributed by atoms with van der Waals surface area (Å²) in [4.78, 5) is 16.7. The van der Waals surface area contributed by atoms with Gasteiger partial charge in [0.2, 0.25) is 0 Å². The number of carbonyl (C=O) groups excluding carboxylic acids is 1. The molecule has 1 N–H and O–H groups in total. The SMILES string of the molecule is Cc1nc(-c2ccc(NC(=O)C(C)Oc3ccc(Cl)cc3)cc2)cs1. The monoisotopic (exact) mass is 372 g/mol. The first-order chi connectivity index (χ1) is 12.0. The van der Waals surface area contributed by atoms with Crippen molar-refractivity contribution in [2.75, 3.05) is 5.32 Å². The minimum absolute atomic E-state index is 0.216. The second-order valence-electron chi connectivity index (χ2n) is 5.53. The summed E-state index contributed by atoms with van der Waals surface area (Å²) in [5.74, 6) is 0.383. The van der Waals surface area contributed by atoms with Crippen LogP contribution in [0.15, 0.2) is 53.9 Å². The van der Waals surface area contributed by atoms with Crippen molar-refractivity contribution in [2.45, 2.75) is 20.0 Å². The highest BCUT2D eigenvalue weighted by Gasteiger charge is 2.15. The van der Waals surface area contributed by atoms with Crippen LogP contribution in [-0.2, 0) is 4.79 Å². The van der Waals surface area contributed by atoms with Crippen LogP contribution in [0.5, 0.6) is 5.75 Å². The van der Waals surface area contributed by atoms with Gasteiger partial charge in [-0.15, -0.1) is 11.3 Å². The van der Waals surface area contributed by atoms with E-state index in [0.29, 0.717) is 16.5 Å². The van der Waals surface area contributed by atoms with Crippen LogP contribution in [0.2, 0.25) is 5.02 Å². The minimum Gasteiger partial charge on any atom is -0.481 e. The molecule has 1 amide bonds. The number of carbonyl (C=O) groups is 1. The summed E-state index contributed by atoms with van der Waals surface area (Å²) >= 11 is 7.45. The van der Waals surface area contributed by atoms with Crippen LogP contribution in [0.4, 0.5) is 5.69 Å². The summed E-state index contributed by atoms with van der Waals surface area (Å²) in [6.07, 6.45) is -0.623. The van der Waals surface area contributed by atoms with Gasteiger partial charge in [0.15, 0.2) is 6.10 Å². The lowest BCUT2D eigenvalue weighted by Gasteiger charge is -2.15. The van der Waals surface area contributed by atoms with E-state index in [1.54, 1.807) is 42.5 Å². The fraction of sp³-hybridized carbons (Fsp3) is 0.158. The number of nitrogens with zero attached hydrogens (tertiary/aromatic N) is 1. The maximum atomic E-state index is 12.3. The standard InChI is InChI=1S/C19H17ClN2O2S/c1-12(24-17-9-5-15(20)6-10-17)19(23)22-16-7-3-14(4-8-16)18-11-25-13(2)21-18/h3-12H,1-2H3,(H,22,23). The van der Waals surface area contributed by atoms with Crippen molar-refractivity contribution in [3.05, 3.63) is 63.9 Å². The van der Waals surface area contributed by atoms with Gasteiger partial charge in [-0.1, -0.05) is 23.7 Å². The largest absolute Gasteiger partial charge is 0.481 e. The minimum atomic E-state index is -0.623. The maximum Gasteiger partial charge on any atom is 0.265 e. The summed E-state index contributed by atoms with van der Waals surface area (Å²) in [6.45, 7) is 3.68. The van der Waals surface area contributed by atoms with Gasteiger partial charge in [0.1, 0.15) is 5.75 Å². The average Bonchev–Trinajstić information content (AvgIpc) is 3.04. The van der Waals surface area contributed by atoms with Gasteiger partial charge < -0.3 is 10.1 Å². The molecular weight excluding hydrogens is 356 g/mol. The number of thiazole rings is 1. The third kappa shape index (κ3) is 4.59. The summed E-state index contributed by atoms with van der Waals surface area (Å²) in [6, 6.07) is 14.5. The molecule has 0 fully saturated rings. The lowest BCUT2D eigenvalue weighted by molar-refractivity contribution is -0.122. The number of hydrogen-bond acceptors (Lipinski definition) is 4. The Morgan fingerprint density at radius 2 is 1.84 bits per heavy atom. The molecule has 1 heterocycles. The molecule has 1 aromatic heterocycles. The molecule has 1 atom stereocenters. The number of anilines is 1. The van der Waals surface area contributed by atoms with Crippen LogP contribution in [0, 0.1) is 6.92 Å². The zero-order chi connectivity index (χ0) is 17.8. The number of aromatic nitrogens is 1. The topological polar surface area (TPSA) is 51.2 Å². The fourth-order valence-electron chi connectivity index (χ4n) is 2.24. The molecule has 0 bridgehead atoms. The van der Waals surface area contributed by atoms with Gasteiger partial charge in [-0.25, -0.2) is 4.98 Å². The molecule has 0 spiro atoms. The van der Waals surface area contributed by atoms with Crippen molar-refractivity contribution in [1.29, 1.82) is 0 Å². The van der Waals surface area contributed by atoms with Crippen molar-refractivity contribution in [3.63, 3.8) is 0 Å². The first-order valence-corrected chi connectivity index (χ1v) is 9.03. The molecule has 2 aromatic carbocycles. The number of halogens is 1.